The van der Waals surface area contributed by atoms with Crippen molar-refractivity contribution in [3.63, 3.8) is 0 Å². The molecule has 4 saturated heterocycles. The van der Waals surface area contributed by atoms with E-state index in [0.717, 1.165) is 6.92 Å². The number of carbonyl (C=O) groups excluding carboxylic acids is 1. The standard InChI is InChI=1S/C29H49NO24/c1-7(34)30-13-8(35)2-29(28(46)47,54-24(13)14(37)9(36)3-31)48-6-12-15(38)16(39)20(43)26(51-12)53-23-11(5-33)50-27(21(44)18(23)41)52-22-10(4-32)49-25(45)19(42)17(22)40/h8-27,31-33,35-45H,2-6H2,1H3,(H,30,34)(H,46,47)/t8-,9+,10+,11+,12+,13+,14+,15-,16-,17+,18+,19+,20+,21+,22+,23-,24+,25+,26-,27-,29?/m0/s1. The number of hydrogen-bond acceptors (Lipinski definition) is 23. The van der Waals surface area contributed by atoms with Crippen molar-refractivity contribution in [2.45, 2.75) is 142 Å². The minimum absolute atomic E-state index is 0.750. The van der Waals surface area contributed by atoms with Crippen LogP contribution in [-0.2, 0) is 42.7 Å². The molecule has 0 aromatic carbocycles. The van der Waals surface area contributed by atoms with Crippen molar-refractivity contribution in [1.29, 1.82) is 0 Å². The van der Waals surface area contributed by atoms with Gasteiger partial charge in [-0.05, 0) is 0 Å². The van der Waals surface area contributed by atoms with E-state index in [2.05, 4.69) is 5.32 Å². The lowest BCUT2D eigenvalue weighted by Gasteiger charge is -2.48. The van der Waals surface area contributed by atoms with Crippen LogP contribution in [0.5, 0.6) is 0 Å². The molecule has 4 fully saturated rings. The Hall–Kier alpha value is -1.90. The molecule has 4 aliphatic heterocycles. The highest BCUT2D eigenvalue weighted by atomic mass is 16.8. The number of aliphatic hydroxyl groups excluding tert-OH is 14. The van der Waals surface area contributed by atoms with E-state index in [-0.39, 0.29) is 0 Å². The molecule has 0 radical (unpaired) electrons. The zero-order valence-corrected chi connectivity index (χ0v) is 28.5. The first kappa shape index (κ1) is 44.8. The van der Waals surface area contributed by atoms with Crippen molar-refractivity contribution < 1.29 is 119 Å². The molecule has 1 amide bonds. The summed E-state index contributed by atoms with van der Waals surface area (Å²) in [5.41, 5.74) is 0. The number of carboxylic acid groups (broad SMARTS) is 1. The molecule has 4 heterocycles. The predicted octanol–water partition coefficient (Wildman–Crippen LogP) is -10.4. The Morgan fingerprint density at radius 3 is 1.78 bits per heavy atom. The van der Waals surface area contributed by atoms with Gasteiger partial charge in [-0.25, -0.2) is 4.79 Å². The molecule has 25 heteroatoms. The molecular weight excluding hydrogens is 746 g/mol. The largest absolute Gasteiger partial charge is 0.477 e. The van der Waals surface area contributed by atoms with Crippen molar-refractivity contribution in [2.24, 2.45) is 0 Å². The van der Waals surface area contributed by atoms with E-state index in [4.69, 9.17) is 33.2 Å². The molecule has 1 unspecified atom stereocenters. The quantitative estimate of drug-likeness (QED) is 0.0776. The Morgan fingerprint density at radius 2 is 1.26 bits per heavy atom. The fourth-order valence-corrected chi connectivity index (χ4v) is 6.54. The number of nitrogens with one attached hydrogen (secondary N) is 1. The minimum atomic E-state index is -2.90. The molecule has 0 spiro atoms. The van der Waals surface area contributed by atoms with Crippen LogP contribution in [0.3, 0.4) is 0 Å². The Morgan fingerprint density at radius 1 is 0.741 bits per heavy atom. The number of hydrogen-bond donors (Lipinski definition) is 16. The molecule has 314 valence electrons. The number of carbonyl (C=O) groups is 2. The maximum Gasteiger partial charge on any atom is 0.364 e. The van der Waals surface area contributed by atoms with Gasteiger partial charge in [0.15, 0.2) is 18.9 Å². The van der Waals surface area contributed by atoms with Gasteiger partial charge in [0, 0.05) is 13.3 Å². The van der Waals surface area contributed by atoms with E-state index in [1.165, 1.54) is 0 Å². The molecule has 0 aliphatic carbocycles. The minimum Gasteiger partial charge on any atom is -0.477 e. The van der Waals surface area contributed by atoms with E-state index in [0.29, 0.717) is 0 Å². The summed E-state index contributed by atoms with van der Waals surface area (Å²) >= 11 is 0. The van der Waals surface area contributed by atoms with Crippen LogP contribution in [-0.4, -0.2) is 243 Å². The smallest absolute Gasteiger partial charge is 0.364 e. The molecule has 0 aromatic heterocycles. The van der Waals surface area contributed by atoms with Crippen molar-refractivity contribution in [3.8, 4) is 0 Å². The number of ether oxygens (including phenoxy) is 7. The molecule has 4 rings (SSSR count). The number of rotatable bonds is 14. The van der Waals surface area contributed by atoms with Gasteiger partial charge in [0.2, 0.25) is 5.91 Å². The number of amides is 1. The van der Waals surface area contributed by atoms with Crippen LogP contribution in [0.25, 0.3) is 0 Å². The monoisotopic (exact) mass is 795 g/mol. The molecule has 0 aromatic rings. The maximum atomic E-state index is 12.5. The van der Waals surface area contributed by atoms with Crippen LogP contribution in [0.2, 0.25) is 0 Å². The molecule has 0 bridgehead atoms. The van der Waals surface area contributed by atoms with E-state index in [1.807, 2.05) is 0 Å². The predicted molar refractivity (Wildman–Crippen MR) is 163 cm³/mol. The fourth-order valence-electron chi connectivity index (χ4n) is 6.54. The summed E-state index contributed by atoms with van der Waals surface area (Å²) in [6, 6.07) is -1.53. The van der Waals surface area contributed by atoms with Gasteiger partial charge < -0.3 is 115 Å². The molecule has 25 nitrogen and oxygen atoms in total. The topological polar surface area (TPSA) is 414 Å². The van der Waals surface area contributed by atoms with Crippen molar-refractivity contribution in [3.05, 3.63) is 0 Å². The third-order valence-corrected chi connectivity index (χ3v) is 9.58. The Balaban J connectivity index is 1.49. The zero-order valence-electron chi connectivity index (χ0n) is 28.5. The highest BCUT2D eigenvalue weighted by Crippen LogP contribution is 2.36. The maximum absolute atomic E-state index is 12.5. The Labute approximate surface area is 305 Å². The van der Waals surface area contributed by atoms with Gasteiger partial charge in [-0.15, -0.1) is 0 Å². The second-order valence-corrected chi connectivity index (χ2v) is 13.3. The molecule has 21 atom stereocenters. The summed E-state index contributed by atoms with van der Waals surface area (Å²) in [7, 11) is 0. The lowest BCUT2D eigenvalue weighted by Crippen LogP contribution is -2.68. The van der Waals surface area contributed by atoms with Crippen LogP contribution in [0.1, 0.15) is 13.3 Å². The van der Waals surface area contributed by atoms with E-state index < -0.39 is 173 Å². The van der Waals surface area contributed by atoms with Crippen LogP contribution in [0.15, 0.2) is 0 Å². The summed E-state index contributed by atoms with van der Waals surface area (Å²) in [4.78, 5) is 24.3. The summed E-state index contributed by atoms with van der Waals surface area (Å²) in [6.45, 7) is -2.89. The lowest BCUT2D eigenvalue weighted by atomic mass is 9.88. The van der Waals surface area contributed by atoms with Crippen LogP contribution < -0.4 is 5.32 Å². The molecule has 4 aliphatic rings. The first-order valence-electron chi connectivity index (χ1n) is 16.7. The van der Waals surface area contributed by atoms with Gasteiger partial charge in [0.1, 0.15) is 91.6 Å². The van der Waals surface area contributed by atoms with E-state index in [1.54, 1.807) is 0 Å². The number of aliphatic hydroxyl groups is 14. The van der Waals surface area contributed by atoms with Crippen LogP contribution >= 0.6 is 0 Å². The molecule has 0 saturated carbocycles. The van der Waals surface area contributed by atoms with Crippen molar-refractivity contribution in [1.82, 2.24) is 5.32 Å². The first-order chi connectivity index (χ1) is 25.3. The van der Waals surface area contributed by atoms with Gasteiger partial charge in [-0.1, -0.05) is 0 Å². The Kier molecular flexibility index (Phi) is 15.4. The SMILES string of the molecule is CC(=O)N[C@H]1[C@H]([C@H](O)[C@H](O)CO)OC(OC[C@H]2O[C@@H](O[C@@H]3[C@H](O)[C@@H](O)[C@H](O[C@H]4[C@H](O)[C@@H](O)[C@H](O)O[C@@H]4CO)O[C@@H]3CO)[C@H](O)[C@@H](O)[C@H]2O)(C(=O)O)C[C@@H]1O. The summed E-state index contributed by atoms with van der Waals surface area (Å²) in [5, 5.41) is 157. The highest BCUT2D eigenvalue weighted by molar-refractivity contribution is 5.76. The molecule has 54 heavy (non-hydrogen) atoms. The normalized spacial score (nSPS) is 47.1. The van der Waals surface area contributed by atoms with Gasteiger partial charge in [-0.2, -0.15) is 0 Å². The van der Waals surface area contributed by atoms with E-state index in [9.17, 15) is 86.2 Å². The molecule has 16 N–H and O–H groups in total. The summed E-state index contributed by atoms with van der Waals surface area (Å²) < 4.78 is 38.0. The van der Waals surface area contributed by atoms with Gasteiger partial charge in [-0.3, -0.25) is 4.79 Å². The van der Waals surface area contributed by atoms with Crippen LogP contribution in [0, 0.1) is 0 Å². The van der Waals surface area contributed by atoms with Gasteiger partial charge in [0.25, 0.3) is 5.79 Å². The third-order valence-electron chi connectivity index (χ3n) is 9.58. The summed E-state index contributed by atoms with van der Waals surface area (Å²) in [6.07, 6.45) is -37.3. The average molecular weight is 796 g/mol. The van der Waals surface area contributed by atoms with Crippen molar-refractivity contribution >= 4 is 11.9 Å². The highest BCUT2D eigenvalue weighted by Gasteiger charge is 2.58. The lowest BCUT2D eigenvalue weighted by molar-refractivity contribution is -0.381. The van der Waals surface area contributed by atoms with Crippen LogP contribution in [0.4, 0.5) is 0 Å². The van der Waals surface area contributed by atoms with Gasteiger partial charge in [0.05, 0.1) is 38.6 Å². The summed E-state index contributed by atoms with van der Waals surface area (Å²) in [5.74, 6) is -5.57. The van der Waals surface area contributed by atoms with Crippen molar-refractivity contribution in [2.75, 3.05) is 26.4 Å². The fraction of sp³-hybridized carbons (Fsp3) is 0.931. The van der Waals surface area contributed by atoms with Gasteiger partial charge >= 0.3 is 5.97 Å². The second kappa shape index (κ2) is 18.6. The second-order valence-electron chi connectivity index (χ2n) is 13.3. The third kappa shape index (κ3) is 9.28. The number of aliphatic carboxylic acids is 1. The zero-order chi connectivity index (χ0) is 40.4. The Bertz CT molecular complexity index is 1230. The van der Waals surface area contributed by atoms with E-state index >= 15 is 0 Å². The first-order valence-corrected chi connectivity index (χ1v) is 16.7. The average Bonchev–Trinajstić information content (AvgIpc) is 3.13. The molecular formula is C29H49NO24. The number of carboxylic acids is 1.